The summed E-state index contributed by atoms with van der Waals surface area (Å²) in [6.07, 6.45) is 0.430. The van der Waals surface area contributed by atoms with Crippen LogP contribution in [0.5, 0.6) is 5.75 Å². The highest BCUT2D eigenvalue weighted by Crippen LogP contribution is 2.23. The van der Waals surface area contributed by atoms with E-state index in [2.05, 4.69) is 5.32 Å². The van der Waals surface area contributed by atoms with Gasteiger partial charge in [-0.2, -0.15) is 0 Å². The Balaban J connectivity index is 1.95. The molecular weight excluding hydrogens is 288 g/mol. The Morgan fingerprint density at radius 1 is 1.17 bits per heavy atom. The number of hydrogen-bond acceptors (Lipinski definition) is 3. The van der Waals surface area contributed by atoms with Crippen molar-refractivity contribution in [1.82, 2.24) is 0 Å². The van der Waals surface area contributed by atoms with Crippen LogP contribution in [0.4, 0.5) is 11.4 Å². The van der Waals surface area contributed by atoms with E-state index >= 15 is 0 Å². The zero-order chi connectivity index (χ0) is 16.7. The fraction of sp³-hybridized carbons (Fsp3) is 0.316. The molecular formula is C19H24N2O2. The molecule has 0 bridgehead atoms. The summed E-state index contributed by atoms with van der Waals surface area (Å²) in [5.74, 6) is 0.895. The maximum absolute atomic E-state index is 12.5. The number of carbonyl (C=O) groups is 1. The fourth-order valence-electron chi connectivity index (χ4n) is 2.53. The van der Waals surface area contributed by atoms with E-state index in [0.29, 0.717) is 19.5 Å². The Labute approximate surface area is 138 Å². The van der Waals surface area contributed by atoms with Gasteiger partial charge < -0.3 is 15.0 Å². The first-order valence-corrected chi connectivity index (χ1v) is 7.89. The summed E-state index contributed by atoms with van der Waals surface area (Å²) in [4.78, 5) is 14.3. The highest BCUT2D eigenvalue weighted by atomic mass is 16.5. The highest BCUT2D eigenvalue weighted by Gasteiger charge is 2.13. The van der Waals surface area contributed by atoms with Gasteiger partial charge in [-0.15, -0.1) is 0 Å². The van der Waals surface area contributed by atoms with E-state index in [0.717, 1.165) is 22.7 Å². The molecule has 0 fully saturated rings. The van der Waals surface area contributed by atoms with E-state index < -0.39 is 0 Å². The van der Waals surface area contributed by atoms with Gasteiger partial charge in [0.2, 0.25) is 5.91 Å². The summed E-state index contributed by atoms with van der Waals surface area (Å²) in [6, 6.07) is 15.7. The van der Waals surface area contributed by atoms with Gasteiger partial charge in [-0.25, -0.2) is 0 Å². The molecule has 0 unspecified atom stereocenters. The minimum atomic E-state index is 0.112. The van der Waals surface area contributed by atoms with Crippen LogP contribution < -0.4 is 15.0 Å². The second kappa shape index (κ2) is 8.22. The molecule has 0 radical (unpaired) electrons. The molecule has 0 saturated carbocycles. The SMILES string of the molecule is CCN(C(=O)CCNc1ccccc1OC)c1cccc(C)c1. The second-order valence-corrected chi connectivity index (χ2v) is 5.35. The molecule has 1 amide bonds. The van der Waals surface area contributed by atoms with E-state index in [1.807, 2.05) is 67.3 Å². The Kier molecular flexibility index (Phi) is 6.03. The van der Waals surface area contributed by atoms with Crippen LogP contribution in [0.2, 0.25) is 0 Å². The summed E-state index contributed by atoms with van der Waals surface area (Å²) in [5.41, 5.74) is 3.01. The van der Waals surface area contributed by atoms with Gasteiger partial charge in [-0.05, 0) is 43.7 Å². The number of para-hydroxylation sites is 2. The van der Waals surface area contributed by atoms with Crippen LogP contribution in [0.1, 0.15) is 18.9 Å². The van der Waals surface area contributed by atoms with Crippen LogP contribution in [-0.4, -0.2) is 26.1 Å². The maximum atomic E-state index is 12.5. The largest absolute Gasteiger partial charge is 0.495 e. The molecule has 0 heterocycles. The van der Waals surface area contributed by atoms with Crippen molar-refractivity contribution in [2.24, 2.45) is 0 Å². The molecule has 2 aromatic carbocycles. The molecule has 0 saturated heterocycles. The Morgan fingerprint density at radius 3 is 2.65 bits per heavy atom. The van der Waals surface area contributed by atoms with Crippen molar-refractivity contribution in [1.29, 1.82) is 0 Å². The number of benzene rings is 2. The van der Waals surface area contributed by atoms with Crippen LogP contribution >= 0.6 is 0 Å². The lowest BCUT2D eigenvalue weighted by atomic mass is 10.2. The monoisotopic (exact) mass is 312 g/mol. The molecule has 1 N–H and O–H groups in total. The van der Waals surface area contributed by atoms with Gasteiger partial charge in [0.25, 0.3) is 0 Å². The fourth-order valence-corrected chi connectivity index (χ4v) is 2.53. The van der Waals surface area contributed by atoms with Crippen LogP contribution in [0.15, 0.2) is 48.5 Å². The van der Waals surface area contributed by atoms with Crippen LogP contribution in [0.25, 0.3) is 0 Å². The summed E-state index contributed by atoms with van der Waals surface area (Å²) >= 11 is 0. The van der Waals surface area contributed by atoms with Crippen LogP contribution in [0, 0.1) is 6.92 Å². The average Bonchev–Trinajstić information content (AvgIpc) is 2.56. The lowest BCUT2D eigenvalue weighted by molar-refractivity contribution is -0.118. The van der Waals surface area contributed by atoms with Gasteiger partial charge in [-0.1, -0.05) is 24.3 Å². The van der Waals surface area contributed by atoms with Crippen LogP contribution in [0.3, 0.4) is 0 Å². The van der Waals surface area contributed by atoms with Gasteiger partial charge in [0.15, 0.2) is 0 Å². The van der Waals surface area contributed by atoms with E-state index in [1.54, 1.807) is 7.11 Å². The van der Waals surface area contributed by atoms with Crippen molar-refractivity contribution in [3.05, 3.63) is 54.1 Å². The number of rotatable bonds is 7. The topological polar surface area (TPSA) is 41.6 Å². The normalized spacial score (nSPS) is 10.2. The molecule has 0 aromatic heterocycles. The van der Waals surface area contributed by atoms with Crippen molar-refractivity contribution >= 4 is 17.3 Å². The standard InChI is InChI=1S/C19H24N2O2/c1-4-21(16-9-7-8-15(2)14-16)19(22)12-13-20-17-10-5-6-11-18(17)23-3/h5-11,14,20H,4,12-13H2,1-3H3. The second-order valence-electron chi connectivity index (χ2n) is 5.35. The van der Waals surface area contributed by atoms with Crippen molar-refractivity contribution < 1.29 is 9.53 Å². The van der Waals surface area contributed by atoms with Gasteiger partial charge in [0.1, 0.15) is 5.75 Å². The number of anilines is 2. The first-order chi connectivity index (χ1) is 11.2. The third-order valence-corrected chi connectivity index (χ3v) is 3.69. The number of nitrogens with one attached hydrogen (secondary N) is 1. The molecule has 0 aliphatic carbocycles. The molecule has 122 valence electrons. The van der Waals surface area contributed by atoms with Gasteiger partial charge in [0, 0.05) is 25.2 Å². The number of ether oxygens (including phenoxy) is 1. The molecule has 0 spiro atoms. The summed E-state index contributed by atoms with van der Waals surface area (Å²) < 4.78 is 5.30. The highest BCUT2D eigenvalue weighted by molar-refractivity contribution is 5.93. The van der Waals surface area contributed by atoms with E-state index in [1.165, 1.54) is 0 Å². The zero-order valence-electron chi connectivity index (χ0n) is 14.0. The first-order valence-electron chi connectivity index (χ1n) is 7.89. The number of methoxy groups -OCH3 is 1. The number of nitrogens with zero attached hydrogens (tertiary/aromatic N) is 1. The van der Waals surface area contributed by atoms with Gasteiger partial charge >= 0.3 is 0 Å². The number of aryl methyl sites for hydroxylation is 1. The lowest BCUT2D eigenvalue weighted by Gasteiger charge is -2.22. The predicted octanol–water partition coefficient (Wildman–Crippen LogP) is 3.86. The Morgan fingerprint density at radius 2 is 1.96 bits per heavy atom. The minimum absolute atomic E-state index is 0.112. The van der Waals surface area contributed by atoms with Crippen molar-refractivity contribution in [2.45, 2.75) is 20.3 Å². The van der Waals surface area contributed by atoms with Crippen LogP contribution in [-0.2, 0) is 4.79 Å². The van der Waals surface area contributed by atoms with E-state index in [9.17, 15) is 4.79 Å². The first kappa shape index (κ1) is 16.9. The molecule has 0 aliphatic rings. The molecule has 4 heteroatoms. The number of amides is 1. The quantitative estimate of drug-likeness (QED) is 0.844. The van der Waals surface area contributed by atoms with Crippen molar-refractivity contribution in [3.8, 4) is 5.75 Å². The summed E-state index contributed by atoms with van der Waals surface area (Å²) in [5, 5.41) is 3.26. The predicted molar refractivity (Wildman–Crippen MR) is 95.3 cm³/mol. The molecule has 0 aliphatic heterocycles. The number of carbonyl (C=O) groups excluding carboxylic acids is 1. The van der Waals surface area contributed by atoms with Crippen molar-refractivity contribution in [2.75, 3.05) is 30.4 Å². The molecule has 0 atom stereocenters. The lowest BCUT2D eigenvalue weighted by Crippen LogP contribution is -2.31. The van der Waals surface area contributed by atoms with E-state index in [-0.39, 0.29) is 5.91 Å². The zero-order valence-corrected chi connectivity index (χ0v) is 14.0. The average molecular weight is 312 g/mol. The molecule has 2 rings (SSSR count). The third kappa shape index (κ3) is 4.49. The minimum Gasteiger partial charge on any atom is -0.495 e. The summed E-state index contributed by atoms with van der Waals surface area (Å²) in [7, 11) is 1.64. The van der Waals surface area contributed by atoms with Gasteiger partial charge in [0.05, 0.1) is 12.8 Å². The Bertz CT molecular complexity index is 655. The molecule has 2 aromatic rings. The van der Waals surface area contributed by atoms with Crippen molar-refractivity contribution in [3.63, 3.8) is 0 Å². The molecule has 23 heavy (non-hydrogen) atoms. The third-order valence-electron chi connectivity index (χ3n) is 3.69. The smallest absolute Gasteiger partial charge is 0.228 e. The maximum Gasteiger partial charge on any atom is 0.228 e. The van der Waals surface area contributed by atoms with E-state index in [4.69, 9.17) is 4.74 Å². The van der Waals surface area contributed by atoms with Gasteiger partial charge in [-0.3, -0.25) is 4.79 Å². The molecule has 4 nitrogen and oxygen atoms in total. The number of hydrogen-bond donors (Lipinski definition) is 1. The Hall–Kier alpha value is -2.49. The summed E-state index contributed by atoms with van der Waals surface area (Å²) in [6.45, 7) is 5.26.